The highest BCUT2D eigenvalue weighted by atomic mass is 32.2. The van der Waals surface area contributed by atoms with Crippen molar-refractivity contribution >= 4 is 11.8 Å². The van der Waals surface area contributed by atoms with E-state index in [-0.39, 0.29) is 0 Å². The van der Waals surface area contributed by atoms with E-state index in [1.807, 2.05) is 5.06 Å². The van der Waals surface area contributed by atoms with E-state index in [0.29, 0.717) is 0 Å². The number of rotatable bonds is 0. The summed E-state index contributed by atoms with van der Waals surface area (Å²) in [5.41, 5.74) is 1.12. The Balaban J connectivity index is 2.09. The SMILES string of the molecule is C1CN2O[C]2S1. The predicted molar refractivity (Wildman–Crippen MR) is 23.5 cm³/mol. The third-order valence-electron chi connectivity index (χ3n) is 0.879. The minimum Gasteiger partial charge on any atom is -0.253 e. The first kappa shape index (κ1) is 3.29. The topological polar surface area (TPSA) is 15.5 Å². The zero-order chi connectivity index (χ0) is 3.98. The standard InChI is InChI=1S/C3H4NOS/c1-2-6-3-4(1)5-3/h1-2H2. The monoisotopic (exact) mass is 102 g/mol. The summed E-state index contributed by atoms with van der Waals surface area (Å²) >= 11 is 1.79. The van der Waals surface area contributed by atoms with E-state index in [2.05, 4.69) is 0 Å². The molecule has 0 aromatic carbocycles. The van der Waals surface area contributed by atoms with Gasteiger partial charge in [-0.1, -0.05) is 0 Å². The highest BCUT2D eigenvalue weighted by molar-refractivity contribution is 8.02. The molecule has 1 atom stereocenters. The Hall–Kier alpha value is 0.270. The molecule has 6 heavy (non-hydrogen) atoms. The lowest BCUT2D eigenvalue weighted by molar-refractivity contribution is 0.210. The van der Waals surface area contributed by atoms with Crippen LogP contribution in [0.15, 0.2) is 0 Å². The molecule has 0 spiro atoms. The van der Waals surface area contributed by atoms with Crippen LogP contribution in [-0.4, -0.2) is 17.4 Å². The van der Waals surface area contributed by atoms with Crippen molar-refractivity contribution in [3.8, 4) is 0 Å². The molecule has 1 unspecified atom stereocenters. The van der Waals surface area contributed by atoms with E-state index < -0.39 is 0 Å². The lowest BCUT2D eigenvalue weighted by Crippen LogP contribution is -1.92. The normalized spacial score (nSPS) is 43.0. The Bertz CT molecular complexity index is 69.2. The van der Waals surface area contributed by atoms with E-state index in [0.717, 1.165) is 12.1 Å². The average Bonchev–Trinajstić information content (AvgIpc) is 2.17. The van der Waals surface area contributed by atoms with E-state index in [1.54, 1.807) is 11.8 Å². The maximum atomic E-state index is 4.87. The third-order valence-corrected chi connectivity index (χ3v) is 1.79. The van der Waals surface area contributed by atoms with Gasteiger partial charge in [-0.25, -0.2) is 0 Å². The molecule has 2 aliphatic heterocycles. The second-order valence-electron chi connectivity index (χ2n) is 1.31. The van der Waals surface area contributed by atoms with Gasteiger partial charge >= 0.3 is 0 Å². The number of thioether (sulfide) groups is 1. The van der Waals surface area contributed by atoms with Gasteiger partial charge in [0.25, 0.3) is 5.56 Å². The lowest BCUT2D eigenvalue weighted by Gasteiger charge is -1.80. The lowest BCUT2D eigenvalue weighted by atomic mass is 10.8. The van der Waals surface area contributed by atoms with Crippen LogP contribution in [0.1, 0.15) is 0 Å². The maximum absolute atomic E-state index is 4.87. The van der Waals surface area contributed by atoms with Gasteiger partial charge in [0.2, 0.25) is 0 Å². The maximum Gasteiger partial charge on any atom is 0.268 e. The Morgan fingerprint density at radius 3 is 3.00 bits per heavy atom. The Morgan fingerprint density at radius 1 is 1.83 bits per heavy atom. The molecule has 0 amide bonds. The highest BCUT2D eigenvalue weighted by Crippen LogP contribution is 2.44. The molecule has 2 nitrogen and oxygen atoms in total. The predicted octanol–water partition coefficient (Wildman–Crippen LogP) is 0.427. The number of hydrogen-bond acceptors (Lipinski definition) is 3. The first-order chi connectivity index (χ1) is 2.97. The van der Waals surface area contributed by atoms with Crippen LogP contribution in [0.5, 0.6) is 0 Å². The van der Waals surface area contributed by atoms with Crippen LogP contribution in [-0.2, 0) is 4.84 Å². The van der Waals surface area contributed by atoms with Crippen molar-refractivity contribution in [2.45, 2.75) is 0 Å². The van der Waals surface area contributed by atoms with Crippen LogP contribution in [0.4, 0.5) is 0 Å². The number of fused-ring (bicyclic) bond motifs is 1. The van der Waals surface area contributed by atoms with Gasteiger partial charge in [0.1, 0.15) is 0 Å². The van der Waals surface area contributed by atoms with Gasteiger partial charge in [-0.15, -0.1) is 16.8 Å². The zero-order valence-electron chi connectivity index (χ0n) is 3.18. The van der Waals surface area contributed by atoms with E-state index in [1.165, 1.54) is 5.75 Å². The van der Waals surface area contributed by atoms with Crippen molar-refractivity contribution in [3.05, 3.63) is 5.56 Å². The van der Waals surface area contributed by atoms with E-state index in [4.69, 9.17) is 4.84 Å². The fraction of sp³-hybridized carbons (Fsp3) is 0.667. The number of nitrogens with zero attached hydrogens (tertiary/aromatic N) is 1. The summed E-state index contributed by atoms with van der Waals surface area (Å²) in [6.07, 6.45) is 0. The molecule has 33 valence electrons. The van der Waals surface area contributed by atoms with Gasteiger partial charge in [-0.3, -0.25) is 4.84 Å². The minimum atomic E-state index is 1.10. The Labute approximate surface area is 40.4 Å². The van der Waals surface area contributed by atoms with Gasteiger partial charge < -0.3 is 0 Å². The molecule has 2 fully saturated rings. The molecule has 0 aliphatic carbocycles. The quantitative estimate of drug-likeness (QED) is 0.412. The van der Waals surface area contributed by atoms with Crippen LogP contribution in [0.2, 0.25) is 0 Å². The van der Waals surface area contributed by atoms with Crippen molar-refractivity contribution < 1.29 is 4.84 Å². The third kappa shape index (κ3) is 0.303. The first-order valence-corrected chi connectivity index (χ1v) is 2.90. The summed E-state index contributed by atoms with van der Waals surface area (Å²) in [6, 6.07) is 0. The summed E-state index contributed by atoms with van der Waals surface area (Å²) < 4.78 is 0. The molecular weight excluding hydrogens is 98.1 g/mol. The largest absolute Gasteiger partial charge is 0.268 e. The molecule has 0 N–H and O–H groups in total. The fourth-order valence-electron chi connectivity index (χ4n) is 0.525. The summed E-state index contributed by atoms with van der Waals surface area (Å²) in [6.45, 7) is 1.10. The van der Waals surface area contributed by atoms with Gasteiger partial charge in [-0.2, -0.15) is 0 Å². The van der Waals surface area contributed by atoms with Crippen LogP contribution >= 0.6 is 11.8 Å². The van der Waals surface area contributed by atoms with E-state index in [9.17, 15) is 0 Å². The van der Waals surface area contributed by atoms with Crippen molar-refractivity contribution in [2.75, 3.05) is 12.3 Å². The van der Waals surface area contributed by atoms with Gasteiger partial charge in [0.15, 0.2) is 0 Å². The van der Waals surface area contributed by atoms with Gasteiger partial charge in [0.05, 0.1) is 0 Å². The molecular formula is C3H4NOS. The second kappa shape index (κ2) is 0.911. The molecule has 3 heteroatoms. The van der Waals surface area contributed by atoms with Crippen molar-refractivity contribution in [2.24, 2.45) is 0 Å². The molecule has 1 radical (unpaired) electrons. The summed E-state index contributed by atoms with van der Waals surface area (Å²) in [4.78, 5) is 4.87. The molecule has 0 saturated carbocycles. The molecule has 2 saturated heterocycles. The Kier molecular flexibility index (Phi) is 0.500. The van der Waals surface area contributed by atoms with Crippen LogP contribution < -0.4 is 0 Å². The number of hydrogen-bond donors (Lipinski definition) is 0. The van der Waals surface area contributed by atoms with Gasteiger partial charge in [-0.05, 0) is 0 Å². The van der Waals surface area contributed by atoms with E-state index >= 15 is 0 Å². The van der Waals surface area contributed by atoms with Crippen LogP contribution in [0.25, 0.3) is 0 Å². The average molecular weight is 102 g/mol. The minimum absolute atomic E-state index is 1.10. The van der Waals surface area contributed by atoms with Crippen LogP contribution in [0.3, 0.4) is 0 Å². The Morgan fingerprint density at radius 2 is 2.83 bits per heavy atom. The highest BCUT2D eigenvalue weighted by Gasteiger charge is 2.43. The van der Waals surface area contributed by atoms with Gasteiger partial charge in [0, 0.05) is 12.3 Å². The fourth-order valence-corrected chi connectivity index (χ4v) is 1.33. The van der Waals surface area contributed by atoms with Crippen LogP contribution in [0, 0.1) is 5.56 Å². The molecule has 2 heterocycles. The molecule has 0 aromatic heterocycles. The first-order valence-electron chi connectivity index (χ1n) is 1.92. The van der Waals surface area contributed by atoms with Crippen molar-refractivity contribution in [1.82, 2.24) is 5.06 Å². The molecule has 2 rings (SSSR count). The number of hydroxylamine groups is 2. The summed E-state index contributed by atoms with van der Waals surface area (Å²) in [7, 11) is 0. The summed E-state index contributed by atoms with van der Waals surface area (Å²) in [5.74, 6) is 1.22. The second-order valence-corrected chi connectivity index (χ2v) is 2.35. The molecule has 0 aromatic rings. The molecule has 2 aliphatic rings. The van der Waals surface area contributed by atoms with Crippen molar-refractivity contribution in [3.63, 3.8) is 0 Å². The molecule has 0 bridgehead atoms. The zero-order valence-corrected chi connectivity index (χ0v) is 3.99. The van der Waals surface area contributed by atoms with Crippen molar-refractivity contribution in [1.29, 1.82) is 0 Å². The smallest absolute Gasteiger partial charge is 0.253 e. The summed E-state index contributed by atoms with van der Waals surface area (Å²) in [5, 5.41) is 1.91.